The van der Waals surface area contributed by atoms with E-state index in [0.717, 1.165) is 5.57 Å². The lowest BCUT2D eigenvalue weighted by atomic mass is 9.68. The quantitative estimate of drug-likeness (QED) is 0.179. The zero-order valence-electron chi connectivity index (χ0n) is 40.4. The van der Waals surface area contributed by atoms with E-state index in [-0.39, 0.29) is 54.3 Å². The SMILES string of the molecule is CO[C@H]1C[C@@H]2CCC(C)C(O)(O2)C(=O)C(=O)N2CCC[C@@H]3C(C[C@@H]4CC[C@@H](O)[C@H](OC)C4)[C@H](CC(=O)[C@H](C)/C=C(\C)[C@@H](OC)[C@@H](OC)C(=O)C(C)CC(C)/C=C/C=C/C=C/1C)OC(=O)[C@H]32. The molecule has 5 rings (SSSR count). The number of esters is 1. The third kappa shape index (κ3) is 12.4. The minimum absolute atomic E-state index is 0.0637. The summed E-state index contributed by atoms with van der Waals surface area (Å²) >= 11 is 0. The van der Waals surface area contributed by atoms with Gasteiger partial charge in [0.05, 0.1) is 24.4 Å². The number of aliphatic hydroxyl groups is 2. The average Bonchev–Trinajstić information content (AvgIpc) is 3.28. The Hall–Kier alpha value is -3.37. The standard InChI is InChI=1S/C51H77NO13/c1-29-15-12-11-13-16-30(2)41(60-7)27-36-20-18-34(6)51(59,65-36)48(56)49(57)52-22-14-17-37-38(25-35-19-21-39(53)43(26-35)61-8)42(64-50(58)44(37)52)28-40(54)31(3)24-33(5)46(62-9)47(63-10)45(55)32(4)23-29/h11-13,15-16,24,29,31-32,34-39,41-44,46-47,53,59H,14,17-23,25-28H2,1-10H3/b13-11+,15-12+,30-16+,33-24+/t29?,31-,32?,34?,35+,36+,37-,38?,39-,41+,42+,43-,44+,46-,47+,51?/m1/s1. The third-order valence-corrected chi connectivity index (χ3v) is 15.1. The summed E-state index contributed by atoms with van der Waals surface area (Å²) in [6, 6.07) is -1.11. The molecule has 1 aliphatic carbocycles. The second-order valence-corrected chi connectivity index (χ2v) is 19.7. The van der Waals surface area contributed by atoms with Crippen molar-refractivity contribution in [2.75, 3.05) is 35.0 Å². The first kappa shape index (κ1) is 52.6. The summed E-state index contributed by atoms with van der Waals surface area (Å²) in [7, 11) is 6.16. The van der Waals surface area contributed by atoms with Gasteiger partial charge in [-0.05, 0) is 101 Å². The van der Waals surface area contributed by atoms with Crippen molar-refractivity contribution in [2.24, 2.45) is 41.4 Å². The van der Waals surface area contributed by atoms with Crippen LogP contribution in [0, 0.1) is 41.4 Å². The van der Waals surface area contributed by atoms with Crippen molar-refractivity contribution < 1.29 is 62.6 Å². The van der Waals surface area contributed by atoms with Crippen LogP contribution in [0.3, 0.4) is 0 Å². The van der Waals surface area contributed by atoms with Crippen molar-refractivity contribution >= 4 is 29.2 Å². The van der Waals surface area contributed by atoms with E-state index in [1.807, 2.05) is 58.1 Å². The number of carbonyl (C=O) groups excluding carboxylic acids is 5. The maximum Gasteiger partial charge on any atom is 0.329 e. The van der Waals surface area contributed by atoms with Crippen molar-refractivity contribution in [3.8, 4) is 0 Å². The maximum absolute atomic E-state index is 14.5. The molecule has 364 valence electrons. The average molecular weight is 912 g/mol. The number of ketones is 3. The summed E-state index contributed by atoms with van der Waals surface area (Å²) < 4.78 is 35.6. The van der Waals surface area contributed by atoms with Gasteiger partial charge in [0.1, 0.15) is 30.1 Å². The monoisotopic (exact) mass is 912 g/mol. The molecule has 4 heterocycles. The van der Waals surface area contributed by atoms with E-state index in [2.05, 4.69) is 0 Å². The molecule has 14 nitrogen and oxygen atoms in total. The Morgan fingerprint density at radius 1 is 0.815 bits per heavy atom. The van der Waals surface area contributed by atoms with E-state index < -0.39 is 83.9 Å². The second kappa shape index (κ2) is 23.6. The fraction of sp³-hybridized carbons (Fsp3) is 0.745. The predicted molar refractivity (Wildman–Crippen MR) is 243 cm³/mol. The normalized spacial score (nSPS) is 42.7. The molecule has 14 heteroatoms. The molecule has 16 atom stereocenters. The lowest BCUT2D eigenvalue weighted by molar-refractivity contribution is -0.266. The molecule has 3 saturated heterocycles. The smallest absolute Gasteiger partial charge is 0.329 e. The highest BCUT2D eigenvalue weighted by Gasteiger charge is 2.57. The highest BCUT2D eigenvalue weighted by molar-refractivity contribution is 6.39. The molecule has 5 unspecified atom stereocenters. The summed E-state index contributed by atoms with van der Waals surface area (Å²) in [5, 5.41) is 22.7. The minimum Gasteiger partial charge on any atom is -0.460 e. The van der Waals surface area contributed by atoms with Crippen LogP contribution in [0.4, 0.5) is 0 Å². The van der Waals surface area contributed by atoms with Gasteiger partial charge in [0.25, 0.3) is 11.7 Å². The number of methoxy groups -OCH3 is 4. The van der Waals surface area contributed by atoms with E-state index in [0.29, 0.717) is 69.8 Å². The van der Waals surface area contributed by atoms with Crippen LogP contribution in [0.2, 0.25) is 0 Å². The molecule has 5 aliphatic rings. The van der Waals surface area contributed by atoms with Gasteiger partial charge in [-0.3, -0.25) is 19.2 Å². The third-order valence-electron chi connectivity index (χ3n) is 15.1. The number of piperidine rings is 1. The zero-order valence-corrected chi connectivity index (χ0v) is 40.4. The number of carbonyl (C=O) groups is 5. The summed E-state index contributed by atoms with van der Waals surface area (Å²) in [4.78, 5) is 72.5. The number of amides is 1. The Bertz CT molecular complexity index is 1810. The van der Waals surface area contributed by atoms with Gasteiger partial charge in [-0.15, -0.1) is 0 Å². The van der Waals surface area contributed by atoms with Crippen LogP contribution >= 0.6 is 0 Å². The molecule has 0 spiro atoms. The van der Waals surface area contributed by atoms with E-state index in [9.17, 15) is 34.2 Å². The largest absolute Gasteiger partial charge is 0.460 e. The number of hydrogen-bond acceptors (Lipinski definition) is 13. The maximum atomic E-state index is 14.5. The Morgan fingerprint density at radius 3 is 2.22 bits per heavy atom. The van der Waals surface area contributed by atoms with Crippen LogP contribution in [0.5, 0.6) is 0 Å². The van der Waals surface area contributed by atoms with Gasteiger partial charge in [0, 0.05) is 71.5 Å². The van der Waals surface area contributed by atoms with Crippen molar-refractivity contribution in [3.05, 3.63) is 47.6 Å². The van der Waals surface area contributed by atoms with Gasteiger partial charge in [0.15, 0.2) is 5.78 Å². The molecular weight excluding hydrogens is 835 g/mol. The van der Waals surface area contributed by atoms with E-state index >= 15 is 0 Å². The van der Waals surface area contributed by atoms with Crippen LogP contribution in [-0.4, -0.2) is 134 Å². The first-order valence-corrected chi connectivity index (χ1v) is 23.9. The minimum atomic E-state index is -2.42. The number of ether oxygens (including phenoxy) is 6. The number of hydrogen-bond donors (Lipinski definition) is 2. The lowest BCUT2D eigenvalue weighted by Gasteiger charge is -2.50. The molecule has 4 bridgehead atoms. The number of nitrogens with zero attached hydrogens (tertiary/aromatic N) is 1. The Labute approximate surface area is 386 Å². The van der Waals surface area contributed by atoms with E-state index in [1.165, 1.54) is 19.1 Å². The zero-order chi connectivity index (χ0) is 47.7. The van der Waals surface area contributed by atoms with Crippen molar-refractivity contribution in [2.45, 2.75) is 167 Å². The molecule has 65 heavy (non-hydrogen) atoms. The molecule has 1 saturated carbocycles. The van der Waals surface area contributed by atoms with Gasteiger partial charge in [-0.1, -0.05) is 64.2 Å². The van der Waals surface area contributed by atoms with Gasteiger partial charge >= 0.3 is 5.97 Å². The lowest BCUT2D eigenvalue weighted by Crippen LogP contribution is -2.65. The topological polar surface area (TPSA) is 184 Å². The van der Waals surface area contributed by atoms with E-state index in [1.54, 1.807) is 34.1 Å². The summed E-state index contributed by atoms with van der Waals surface area (Å²) in [5.74, 6) is -7.90. The second-order valence-electron chi connectivity index (χ2n) is 19.7. The van der Waals surface area contributed by atoms with Crippen LogP contribution in [-0.2, 0) is 52.4 Å². The van der Waals surface area contributed by atoms with E-state index in [4.69, 9.17) is 28.4 Å². The molecule has 1 amide bonds. The molecule has 4 aliphatic heterocycles. The molecule has 0 aromatic heterocycles. The molecule has 0 aromatic carbocycles. The van der Waals surface area contributed by atoms with Crippen molar-refractivity contribution in [1.82, 2.24) is 4.90 Å². The van der Waals surface area contributed by atoms with Crippen LogP contribution in [0.1, 0.15) is 112 Å². The highest BCUT2D eigenvalue weighted by Crippen LogP contribution is 2.45. The number of Topliss-reactive ketones (excluding diaryl/α,β-unsaturated/α-hetero) is 3. The highest BCUT2D eigenvalue weighted by atomic mass is 16.6. The van der Waals surface area contributed by atoms with Crippen molar-refractivity contribution in [1.29, 1.82) is 0 Å². The first-order chi connectivity index (χ1) is 30.9. The van der Waals surface area contributed by atoms with Crippen LogP contribution < -0.4 is 0 Å². The fourth-order valence-electron chi connectivity index (χ4n) is 11.2. The molecule has 2 N–H and O–H groups in total. The molecular formula is C51H77NO13. The van der Waals surface area contributed by atoms with Crippen LogP contribution in [0.25, 0.3) is 0 Å². The summed E-state index contributed by atoms with van der Waals surface area (Å²) in [6.45, 7) is 11.2. The number of allylic oxidation sites excluding steroid dienone is 6. The van der Waals surface area contributed by atoms with Crippen LogP contribution in [0.15, 0.2) is 47.6 Å². The van der Waals surface area contributed by atoms with Gasteiger partial charge < -0.3 is 43.5 Å². The van der Waals surface area contributed by atoms with Crippen molar-refractivity contribution in [3.63, 3.8) is 0 Å². The van der Waals surface area contributed by atoms with Gasteiger partial charge in [0.2, 0.25) is 5.79 Å². The Balaban J connectivity index is 1.52. The Morgan fingerprint density at radius 2 is 1.54 bits per heavy atom. The fourth-order valence-corrected chi connectivity index (χ4v) is 11.2. The summed E-state index contributed by atoms with van der Waals surface area (Å²) in [5.41, 5.74) is 1.55. The Kier molecular flexibility index (Phi) is 19.1. The molecule has 0 aromatic rings. The van der Waals surface area contributed by atoms with Gasteiger partial charge in [-0.2, -0.15) is 0 Å². The predicted octanol–water partition coefficient (Wildman–Crippen LogP) is 6.05. The number of fused-ring (bicyclic) bond motifs is 4. The molecule has 4 fully saturated rings. The molecule has 0 radical (unpaired) electrons. The first-order valence-electron chi connectivity index (χ1n) is 23.9. The van der Waals surface area contributed by atoms with Gasteiger partial charge in [-0.25, -0.2) is 4.79 Å². The number of rotatable bonds is 6. The number of aliphatic hydroxyl groups excluding tert-OH is 1. The summed E-state index contributed by atoms with van der Waals surface area (Å²) in [6.07, 6.45) is 12.2.